The lowest BCUT2D eigenvalue weighted by Crippen LogP contribution is -2.38. The Balaban J connectivity index is 1.34. The molecule has 0 amide bonds. The normalized spacial score (nSPS) is 23.7. The van der Waals surface area contributed by atoms with Gasteiger partial charge < -0.3 is 28.8 Å². The van der Waals surface area contributed by atoms with Gasteiger partial charge in [-0.15, -0.1) is 10.2 Å². The van der Waals surface area contributed by atoms with E-state index in [2.05, 4.69) is 61.1 Å². The number of aliphatic hydroxyl groups is 1. The Labute approximate surface area is 228 Å². The predicted octanol–water partition coefficient (Wildman–Crippen LogP) is 5.02. The van der Waals surface area contributed by atoms with Crippen LogP contribution < -0.4 is 9.62 Å². The third-order valence-electron chi connectivity index (χ3n) is 7.90. The molecule has 2 saturated heterocycles. The molecule has 8 nitrogen and oxygen atoms in total. The predicted molar refractivity (Wildman–Crippen MR) is 153 cm³/mol. The van der Waals surface area contributed by atoms with Crippen molar-refractivity contribution in [2.24, 2.45) is 0 Å². The van der Waals surface area contributed by atoms with Crippen LogP contribution in [0.5, 0.6) is 0 Å². The lowest BCUT2D eigenvalue weighted by molar-refractivity contribution is 0.0304. The van der Waals surface area contributed by atoms with Gasteiger partial charge in [0.05, 0.1) is 24.0 Å². The van der Waals surface area contributed by atoms with Gasteiger partial charge in [0.1, 0.15) is 0 Å². The Morgan fingerprint density at radius 3 is 2.74 bits per heavy atom. The molecule has 4 aliphatic heterocycles. The van der Waals surface area contributed by atoms with E-state index in [0.29, 0.717) is 29.6 Å². The van der Waals surface area contributed by atoms with E-state index in [9.17, 15) is 0 Å². The molecule has 7 rings (SSSR count). The van der Waals surface area contributed by atoms with Gasteiger partial charge in [-0.2, -0.15) is 0 Å². The molecular weight excluding hydrogens is 498 g/mol. The molecule has 0 spiro atoms. The molecule has 0 radical (unpaired) electrons. The average molecular weight is 536 g/mol. The highest BCUT2D eigenvalue weighted by Gasteiger charge is 2.26. The maximum Gasteiger partial charge on any atom is 0.250 e. The van der Waals surface area contributed by atoms with Crippen molar-refractivity contribution in [3.63, 3.8) is 0 Å². The number of fused-ring (bicyclic) bond motifs is 5. The number of nitrogens with zero attached hydrogens (tertiary/aromatic N) is 4. The van der Waals surface area contributed by atoms with Crippen molar-refractivity contribution in [2.45, 2.75) is 44.1 Å². The molecule has 2 atom stereocenters. The molecular formula is C29H37N5O3S. The summed E-state index contributed by atoms with van der Waals surface area (Å²) in [5.41, 5.74) is 5.35. The van der Waals surface area contributed by atoms with Gasteiger partial charge in [-0.25, -0.2) is 0 Å². The quantitative estimate of drug-likeness (QED) is 0.353. The first kappa shape index (κ1) is 25.7. The van der Waals surface area contributed by atoms with Crippen LogP contribution in [-0.4, -0.2) is 78.0 Å². The van der Waals surface area contributed by atoms with Crippen molar-refractivity contribution in [3.05, 3.63) is 48.0 Å². The van der Waals surface area contributed by atoms with Crippen molar-refractivity contribution >= 4 is 23.3 Å². The van der Waals surface area contributed by atoms with Crippen LogP contribution in [0, 0.1) is 0 Å². The highest BCUT2D eigenvalue weighted by Crippen LogP contribution is 2.37. The molecule has 202 valence electrons. The number of rotatable bonds is 4. The van der Waals surface area contributed by atoms with E-state index in [1.54, 1.807) is 0 Å². The summed E-state index contributed by atoms with van der Waals surface area (Å²) < 4.78 is 16.0. The van der Waals surface area contributed by atoms with Crippen LogP contribution in [-0.2, 0) is 4.74 Å². The van der Waals surface area contributed by atoms with Gasteiger partial charge in [0.25, 0.3) is 0 Å². The summed E-state index contributed by atoms with van der Waals surface area (Å²) >= 11 is 1.50. The monoisotopic (exact) mass is 535 g/mol. The van der Waals surface area contributed by atoms with Crippen LogP contribution in [0.25, 0.3) is 22.9 Å². The second-order valence-electron chi connectivity index (χ2n) is 10.5. The van der Waals surface area contributed by atoms with Gasteiger partial charge in [0.15, 0.2) is 0 Å². The van der Waals surface area contributed by atoms with E-state index in [4.69, 9.17) is 14.3 Å². The first-order chi connectivity index (χ1) is 18.8. The number of aliphatic hydroxyl groups excluding tert-OH is 1. The first-order valence-corrected chi connectivity index (χ1v) is 14.9. The zero-order chi connectivity index (χ0) is 25.7. The van der Waals surface area contributed by atoms with Crippen LogP contribution in [0.3, 0.4) is 0 Å². The molecule has 2 fully saturated rings. The Morgan fingerprint density at radius 2 is 1.84 bits per heavy atom. The third kappa shape index (κ3) is 5.86. The largest absolute Gasteiger partial charge is 0.416 e. The molecule has 4 aliphatic rings. The van der Waals surface area contributed by atoms with Gasteiger partial charge >= 0.3 is 0 Å². The molecule has 3 aromatic rings. The summed E-state index contributed by atoms with van der Waals surface area (Å²) in [5.74, 6) is 2.25. The highest BCUT2D eigenvalue weighted by molar-refractivity contribution is 8.00. The minimum absolute atomic E-state index is 0.140. The van der Waals surface area contributed by atoms with Crippen molar-refractivity contribution in [1.82, 2.24) is 15.1 Å². The van der Waals surface area contributed by atoms with E-state index in [0.717, 1.165) is 74.6 Å². The number of nitrogens with one attached hydrogen (secondary N) is 1. The Hall–Kier alpha value is -2.59. The van der Waals surface area contributed by atoms with E-state index >= 15 is 0 Å². The van der Waals surface area contributed by atoms with Crippen molar-refractivity contribution in [3.8, 4) is 22.9 Å². The van der Waals surface area contributed by atoms with E-state index < -0.39 is 0 Å². The average Bonchev–Trinajstić information content (AvgIpc) is 3.46. The van der Waals surface area contributed by atoms with Gasteiger partial charge in [-0.05, 0) is 80.5 Å². The summed E-state index contributed by atoms with van der Waals surface area (Å²) in [6.45, 7) is 6.18. The second-order valence-corrected chi connectivity index (χ2v) is 11.4. The maximum atomic E-state index is 9.16. The van der Waals surface area contributed by atoms with Crippen LogP contribution in [0.2, 0.25) is 0 Å². The number of anilines is 2. The van der Waals surface area contributed by atoms with Crippen LogP contribution >= 0.6 is 11.9 Å². The lowest BCUT2D eigenvalue weighted by atomic mass is 9.89. The number of hydrogen-bond acceptors (Lipinski definition) is 9. The zero-order valence-electron chi connectivity index (χ0n) is 21.8. The summed E-state index contributed by atoms with van der Waals surface area (Å²) in [6, 6.07) is 14.9. The lowest BCUT2D eigenvalue weighted by Gasteiger charge is -2.35. The molecule has 1 aromatic heterocycles. The molecule has 9 heteroatoms. The Morgan fingerprint density at radius 1 is 0.974 bits per heavy atom. The smallest absolute Gasteiger partial charge is 0.250 e. The van der Waals surface area contributed by atoms with Crippen LogP contribution in [0.15, 0.2) is 46.9 Å². The Bertz CT molecular complexity index is 1210. The highest BCUT2D eigenvalue weighted by atomic mass is 32.2. The molecule has 8 bridgehead atoms. The summed E-state index contributed by atoms with van der Waals surface area (Å²) in [6.07, 6.45) is 5.84. The van der Waals surface area contributed by atoms with Crippen molar-refractivity contribution < 1.29 is 14.3 Å². The van der Waals surface area contributed by atoms with Crippen LogP contribution in [0.4, 0.5) is 11.4 Å². The van der Waals surface area contributed by atoms with Gasteiger partial charge in [0, 0.05) is 49.8 Å². The molecule has 2 aromatic carbocycles. The fraction of sp³-hybridized carbons (Fsp3) is 0.517. The molecule has 0 aliphatic carbocycles. The first-order valence-electron chi connectivity index (χ1n) is 13.9. The number of piperidine rings is 2. The van der Waals surface area contributed by atoms with Crippen molar-refractivity contribution in [2.75, 3.05) is 61.3 Å². The fourth-order valence-electron chi connectivity index (χ4n) is 5.92. The number of hydrogen-bond donors (Lipinski definition) is 2. The topological polar surface area (TPSA) is 86.9 Å². The van der Waals surface area contributed by atoms with Gasteiger partial charge in [0.2, 0.25) is 11.8 Å². The minimum Gasteiger partial charge on any atom is -0.416 e. The second kappa shape index (κ2) is 12.1. The van der Waals surface area contributed by atoms with E-state index in [1.165, 1.54) is 36.9 Å². The maximum absolute atomic E-state index is 9.16. The molecule has 2 N–H and O–H groups in total. The minimum atomic E-state index is 0.140. The number of ether oxygens (including phenoxy) is 1. The van der Waals surface area contributed by atoms with Crippen LogP contribution in [0.1, 0.15) is 43.6 Å². The Kier molecular flexibility index (Phi) is 8.16. The summed E-state index contributed by atoms with van der Waals surface area (Å²) in [4.78, 5) is 5.01. The summed E-state index contributed by atoms with van der Waals surface area (Å²) in [7, 11) is 0. The summed E-state index contributed by atoms with van der Waals surface area (Å²) in [5, 5.41) is 18.1. The molecule has 5 heterocycles. The standard InChI is InChI=1S/C29H37N5O3S/c35-15-17-38-32-24-7-8-26-27(19-24)34-13-9-25(10-14-34)36-16-3-12-33-11-2-6-23(20-33)21-4-1-5-22(18-21)28-30-31-29(26)37-28/h1,4-5,7-8,18-19,23,25,32,35H,2-3,6,9-17,20H2. The number of benzene rings is 2. The number of aromatic nitrogens is 2. The van der Waals surface area contributed by atoms with Gasteiger partial charge in [-0.1, -0.05) is 24.1 Å². The SMILES string of the molecule is OCCSNc1ccc2c(c1)N1CCC(CC1)OCCCN1CCCC(C1)c1cccc(c1)-c1nnc-2o1. The van der Waals surface area contributed by atoms with E-state index in [-0.39, 0.29) is 6.61 Å². The van der Waals surface area contributed by atoms with Gasteiger partial charge in [-0.3, -0.25) is 0 Å². The fourth-order valence-corrected chi connectivity index (χ4v) is 6.41. The van der Waals surface area contributed by atoms with E-state index in [1.807, 2.05) is 6.07 Å². The molecule has 0 saturated carbocycles. The molecule has 2 unspecified atom stereocenters. The zero-order valence-corrected chi connectivity index (χ0v) is 22.7. The van der Waals surface area contributed by atoms with Crippen molar-refractivity contribution in [1.29, 1.82) is 0 Å². The third-order valence-corrected chi connectivity index (χ3v) is 8.67. The molecule has 38 heavy (non-hydrogen) atoms.